The van der Waals surface area contributed by atoms with Gasteiger partial charge in [0.05, 0.1) is 19.1 Å². The number of ether oxygens (including phenoxy) is 1. The molecular weight excluding hydrogens is 324 g/mol. The number of nitrogens with zero attached hydrogens (tertiary/aromatic N) is 3. The standard InChI is InChI=1S/C17H28N4O2S/c1-18-17(21-9-7-13(8-10-21)16(22)23-4)19-12-14(20(2)3)15-6-5-11-24-15/h5-6,11,13-14H,7-10,12H2,1-4H3,(H,18,19). The van der Waals surface area contributed by atoms with Gasteiger partial charge >= 0.3 is 5.97 Å². The zero-order valence-corrected chi connectivity index (χ0v) is 15.8. The Morgan fingerprint density at radius 3 is 2.71 bits per heavy atom. The van der Waals surface area contributed by atoms with Crippen molar-refractivity contribution < 1.29 is 9.53 Å². The quantitative estimate of drug-likeness (QED) is 0.498. The van der Waals surface area contributed by atoms with Gasteiger partial charge < -0.3 is 19.9 Å². The molecule has 0 radical (unpaired) electrons. The second kappa shape index (κ2) is 9.03. The summed E-state index contributed by atoms with van der Waals surface area (Å²) in [7, 11) is 7.46. The monoisotopic (exact) mass is 352 g/mol. The van der Waals surface area contributed by atoms with Crippen LogP contribution < -0.4 is 5.32 Å². The summed E-state index contributed by atoms with van der Waals surface area (Å²) in [6, 6.07) is 4.57. The minimum Gasteiger partial charge on any atom is -0.469 e. The second-order valence-electron chi connectivity index (χ2n) is 6.21. The fourth-order valence-electron chi connectivity index (χ4n) is 3.03. The zero-order chi connectivity index (χ0) is 17.5. The Morgan fingerprint density at radius 2 is 2.21 bits per heavy atom. The van der Waals surface area contributed by atoms with Gasteiger partial charge in [-0.25, -0.2) is 0 Å². The summed E-state index contributed by atoms with van der Waals surface area (Å²) in [5, 5.41) is 5.60. The summed E-state index contributed by atoms with van der Waals surface area (Å²) in [6.45, 7) is 2.45. The number of rotatable bonds is 5. The first kappa shape index (κ1) is 18.7. The average molecular weight is 353 g/mol. The van der Waals surface area contributed by atoms with Crippen LogP contribution in [0.3, 0.4) is 0 Å². The molecule has 6 nitrogen and oxygen atoms in total. The van der Waals surface area contributed by atoms with Gasteiger partial charge in [-0.1, -0.05) is 6.07 Å². The van der Waals surface area contributed by atoms with Gasteiger partial charge in [-0.3, -0.25) is 9.79 Å². The molecule has 1 saturated heterocycles. The number of carbonyl (C=O) groups excluding carboxylic acids is 1. The molecule has 0 spiro atoms. The minimum atomic E-state index is -0.0945. The normalized spacial score (nSPS) is 17.9. The molecule has 0 amide bonds. The molecular formula is C17H28N4O2S. The van der Waals surface area contributed by atoms with Crippen molar-refractivity contribution in [3.8, 4) is 0 Å². The molecule has 1 aromatic heterocycles. The van der Waals surface area contributed by atoms with Gasteiger partial charge in [0.25, 0.3) is 0 Å². The van der Waals surface area contributed by atoms with Crippen LogP contribution in [0.25, 0.3) is 0 Å². The lowest BCUT2D eigenvalue weighted by Gasteiger charge is -2.34. The maximum absolute atomic E-state index is 11.6. The smallest absolute Gasteiger partial charge is 0.308 e. The van der Waals surface area contributed by atoms with Crippen molar-refractivity contribution in [2.24, 2.45) is 10.9 Å². The van der Waals surface area contributed by atoms with Gasteiger partial charge in [0, 0.05) is 31.6 Å². The molecule has 1 N–H and O–H groups in total. The highest BCUT2D eigenvalue weighted by molar-refractivity contribution is 7.10. The molecule has 24 heavy (non-hydrogen) atoms. The van der Waals surface area contributed by atoms with Crippen LogP contribution in [-0.4, -0.2) is 69.6 Å². The average Bonchev–Trinajstić information content (AvgIpc) is 3.12. The number of esters is 1. The lowest BCUT2D eigenvalue weighted by atomic mass is 9.97. The van der Waals surface area contributed by atoms with E-state index < -0.39 is 0 Å². The zero-order valence-electron chi connectivity index (χ0n) is 15.0. The van der Waals surface area contributed by atoms with Gasteiger partial charge in [-0.15, -0.1) is 11.3 Å². The van der Waals surface area contributed by atoms with Crippen molar-refractivity contribution in [3.05, 3.63) is 22.4 Å². The lowest BCUT2D eigenvalue weighted by Crippen LogP contribution is -2.48. The van der Waals surface area contributed by atoms with Gasteiger partial charge in [0.2, 0.25) is 0 Å². The molecule has 0 bridgehead atoms. The number of likely N-dealkylation sites (tertiary alicyclic amines) is 1. The van der Waals surface area contributed by atoms with E-state index in [0.29, 0.717) is 6.04 Å². The van der Waals surface area contributed by atoms with Crippen LogP contribution in [0.4, 0.5) is 0 Å². The number of hydrogen-bond donors (Lipinski definition) is 1. The predicted octanol–water partition coefficient (Wildman–Crippen LogP) is 1.81. The minimum absolute atomic E-state index is 0.0185. The van der Waals surface area contributed by atoms with E-state index in [0.717, 1.165) is 38.4 Å². The van der Waals surface area contributed by atoms with E-state index in [-0.39, 0.29) is 11.9 Å². The van der Waals surface area contributed by atoms with E-state index in [1.165, 1.54) is 12.0 Å². The van der Waals surface area contributed by atoms with Crippen molar-refractivity contribution in [2.75, 3.05) is 47.9 Å². The Morgan fingerprint density at radius 1 is 1.50 bits per heavy atom. The molecule has 2 heterocycles. The molecule has 1 atom stereocenters. The van der Waals surface area contributed by atoms with E-state index in [1.54, 1.807) is 11.3 Å². The third kappa shape index (κ3) is 4.70. The molecule has 2 rings (SSSR count). The van der Waals surface area contributed by atoms with Crippen LogP contribution >= 0.6 is 11.3 Å². The summed E-state index contributed by atoms with van der Waals surface area (Å²) in [5.74, 6) is 0.828. The topological polar surface area (TPSA) is 57.2 Å². The summed E-state index contributed by atoms with van der Waals surface area (Å²) in [4.78, 5) is 21.8. The number of guanidine groups is 1. The highest BCUT2D eigenvalue weighted by Gasteiger charge is 2.27. The lowest BCUT2D eigenvalue weighted by molar-refractivity contribution is -0.146. The van der Waals surface area contributed by atoms with Crippen molar-refractivity contribution in [2.45, 2.75) is 18.9 Å². The molecule has 1 fully saturated rings. The highest BCUT2D eigenvalue weighted by atomic mass is 32.1. The van der Waals surface area contributed by atoms with Gasteiger partial charge in [-0.2, -0.15) is 0 Å². The van der Waals surface area contributed by atoms with E-state index in [9.17, 15) is 4.79 Å². The molecule has 0 saturated carbocycles. The van der Waals surface area contributed by atoms with Crippen molar-refractivity contribution >= 4 is 23.3 Å². The summed E-state index contributed by atoms with van der Waals surface area (Å²) >= 11 is 1.77. The van der Waals surface area contributed by atoms with Crippen LogP contribution in [0.1, 0.15) is 23.8 Å². The van der Waals surface area contributed by atoms with E-state index in [2.05, 4.69) is 51.7 Å². The number of thiophene rings is 1. The van der Waals surface area contributed by atoms with Gasteiger partial charge in [0.1, 0.15) is 0 Å². The SMILES string of the molecule is CN=C(NCC(c1cccs1)N(C)C)N1CCC(C(=O)OC)CC1. The fraction of sp³-hybridized carbons (Fsp3) is 0.647. The summed E-state index contributed by atoms with van der Waals surface area (Å²) in [6.07, 6.45) is 1.63. The second-order valence-corrected chi connectivity index (χ2v) is 7.19. The number of hydrogen-bond acceptors (Lipinski definition) is 5. The molecule has 0 aromatic carbocycles. The Kier molecular flexibility index (Phi) is 7.05. The van der Waals surface area contributed by atoms with Crippen LogP contribution in [0, 0.1) is 5.92 Å². The van der Waals surface area contributed by atoms with Gasteiger partial charge in [0.15, 0.2) is 5.96 Å². The van der Waals surface area contributed by atoms with E-state index in [4.69, 9.17) is 4.74 Å². The largest absolute Gasteiger partial charge is 0.469 e. The number of aliphatic imine (C=N–C) groups is 1. The third-order valence-corrected chi connectivity index (χ3v) is 5.46. The molecule has 1 aromatic rings. The van der Waals surface area contributed by atoms with Crippen LogP contribution in [0.2, 0.25) is 0 Å². The van der Waals surface area contributed by atoms with Crippen molar-refractivity contribution in [1.29, 1.82) is 0 Å². The highest BCUT2D eigenvalue weighted by Crippen LogP contribution is 2.23. The first-order valence-corrected chi connectivity index (χ1v) is 9.18. The number of piperidine rings is 1. The molecule has 1 aliphatic rings. The number of carbonyl (C=O) groups is 1. The van der Waals surface area contributed by atoms with Crippen LogP contribution in [-0.2, 0) is 9.53 Å². The molecule has 0 aliphatic carbocycles. The maximum Gasteiger partial charge on any atom is 0.308 e. The predicted molar refractivity (Wildman–Crippen MR) is 98.4 cm³/mol. The van der Waals surface area contributed by atoms with Crippen LogP contribution in [0.15, 0.2) is 22.5 Å². The van der Waals surface area contributed by atoms with Crippen molar-refractivity contribution in [1.82, 2.24) is 15.1 Å². The fourth-order valence-corrected chi connectivity index (χ4v) is 3.96. The Balaban J connectivity index is 1.90. The number of likely N-dealkylation sites (N-methyl/N-ethyl adjacent to an activating group) is 1. The molecule has 1 aliphatic heterocycles. The third-order valence-electron chi connectivity index (χ3n) is 4.49. The Bertz CT molecular complexity index is 537. The molecule has 1 unspecified atom stereocenters. The Labute approximate surface area is 148 Å². The van der Waals surface area contributed by atoms with Gasteiger partial charge in [-0.05, 0) is 38.4 Å². The van der Waals surface area contributed by atoms with Crippen LogP contribution in [0.5, 0.6) is 0 Å². The molecule has 7 heteroatoms. The van der Waals surface area contributed by atoms with E-state index in [1.807, 2.05) is 7.05 Å². The summed E-state index contributed by atoms with van der Waals surface area (Å²) in [5.41, 5.74) is 0. The Hall–Kier alpha value is -1.60. The van der Waals surface area contributed by atoms with Crippen molar-refractivity contribution in [3.63, 3.8) is 0 Å². The number of nitrogens with one attached hydrogen (secondary N) is 1. The number of methoxy groups -OCH3 is 1. The van der Waals surface area contributed by atoms with E-state index >= 15 is 0 Å². The molecule has 134 valence electrons. The first-order chi connectivity index (χ1) is 11.6. The maximum atomic E-state index is 11.6. The summed E-state index contributed by atoms with van der Waals surface area (Å²) < 4.78 is 4.85. The first-order valence-electron chi connectivity index (χ1n) is 8.30.